The fourth-order valence-corrected chi connectivity index (χ4v) is 2.69. The minimum atomic E-state index is 0.333. The Balaban J connectivity index is 2.13. The summed E-state index contributed by atoms with van der Waals surface area (Å²) in [4.78, 5) is 0. The van der Waals surface area contributed by atoms with Crippen molar-refractivity contribution < 1.29 is 5.11 Å². The number of aromatic hydroxyl groups is 1. The molecule has 0 bridgehead atoms. The zero-order chi connectivity index (χ0) is 9.26. The summed E-state index contributed by atoms with van der Waals surface area (Å²) in [5.41, 5.74) is 1.24. The third-order valence-corrected chi connectivity index (χ3v) is 3.58. The average molecular weight is 195 g/mol. The predicted octanol–water partition coefficient (Wildman–Crippen LogP) is 2.12. The second kappa shape index (κ2) is 3.60. The second-order valence-electron chi connectivity index (χ2n) is 3.37. The third kappa shape index (κ3) is 1.98. The van der Waals surface area contributed by atoms with Crippen LogP contribution < -0.4 is 5.32 Å². The quantitative estimate of drug-likeness (QED) is 0.720. The summed E-state index contributed by atoms with van der Waals surface area (Å²) in [6.07, 6.45) is 0. The van der Waals surface area contributed by atoms with Crippen molar-refractivity contribution >= 4 is 11.8 Å². The van der Waals surface area contributed by atoms with Gasteiger partial charge in [-0.05, 0) is 24.6 Å². The van der Waals surface area contributed by atoms with Gasteiger partial charge in [-0.25, -0.2) is 0 Å². The van der Waals surface area contributed by atoms with Crippen molar-refractivity contribution in [1.29, 1.82) is 0 Å². The first-order chi connectivity index (χ1) is 6.25. The molecule has 1 aliphatic rings. The highest BCUT2D eigenvalue weighted by Crippen LogP contribution is 2.32. The molecule has 0 aliphatic carbocycles. The van der Waals surface area contributed by atoms with Gasteiger partial charge in [0.1, 0.15) is 5.75 Å². The molecule has 0 amide bonds. The van der Waals surface area contributed by atoms with Crippen molar-refractivity contribution in [1.82, 2.24) is 5.32 Å². The molecule has 2 unspecified atom stereocenters. The molecule has 2 N–H and O–H groups in total. The van der Waals surface area contributed by atoms with E-state index in [4.69, 9.17) is 5.11 Å². The minimum absolute atomic E-state index is 0.333. The number of thioether (sulfide) groups is 1. The van der Waals surface area contributed by atoms with E-state index < -0.39 is 0 Å². The molecule has 0 spiro atoms. The Morgan fingerprint density at radius 1 is 1.38 bits per heavy atom. The molecule has 2 atom stereocenters. The molecule has 0 radical (unpaired) electrons. The molecule has 13 heavy (non-hydrogen) atoms. The topological polar surface area (TPSA) is 32.3 Å². The Morgan fingerprint density at radius 2 is 2.08 bits per heavy atom. The van der Waals surface area contributed by atoms with Crippen LogP contribution in [0, 0.1) is 0 Å². The maximum Gasteiger partial charge on any atom is 0.115 e. The molecule has 70 valence electrons. The minimum Gasteiger partial charge on any atom is -0.508 e. The summed E-state index contributed by atoms with van der Waals surface area (Å²) in [6, 6.07) is 8.00. The SMILES string of the molecule is CC1CSC(c2ccc(O)cc2)N1. The van der Waals surface area contributed by atoms with Gasteiger partial charge in [0.25, 0.3) is 0 Å². The zero-order valence-electron chi connectivity index (χ0n) is 7.53. The highest BCUT2D eigenvalue weighted by Gasteiger charge is 2.21. The molecule has 1 aromatic carbocycles. The molecule has 0 saturated carbocycles. The maximum absolute atomic E-state index is 9.12. The van der Waals surface area contributed by atoms with Crippen LogP contribution in [0.3, 0.4) is 0 Å². The first kappa shape index (κ1) is 8.91. The van der Waals surface area contributed by atoms with Gasteiger partial charge in [-0.15, -0.1) is 11.8 Å². The number of hydrogen-bond acceptors (Lipinski definition) is 3. The van der Waals surface area contributed by atoms with Crippen LogP contribution in [0.1, 0.15) is 17.9 Å². The Kier molecular flexibility index (Phi) is 2.47. The smallest absolute Gasteiger partial charge is 0.115 e. The number of phenolic OH excluding ortho intramolecular Hbond substituents is 1. The molecule has 1 fully saturated rings. The lowest BCUT2D eigenvalue weighted by Crippen LogP contribution is -2.21. The van der Waals surface area contributed by atoms with Crippen LogP contribution in [0.15, 0.2) is 24.3 Å². The average Bonchev–Trinajstić information content (AvgIpc) is 2.53. The molecule has 0 aromatic heterocycles. The Bertz CT molecular complexity index is 285. The Labute approximate surface area is 82.4 Å². The van der Waals surface area contributed by atoms with Crippen molar-refractivity contribution in [2.24, 2.45) is 0 Å². The number of phenols is 1. The van der Waals surface area contributed by atoms with Crippen molar-refractivity contribution in [2.45, 2.75) is 18.3 Å². The van der Waals surface area contributed by atoms with E-state index in [1.165, 1.54) is 5.56 Å². The van der Waals surface area contributed by atoms with Gasteiger partial charge in [0.05, 0.1) is 5.37 Å². The normalized spacial score (nSPS) is 27.8. The third-order valence-electron chi connectivity index (χ3n) is 2.14. The Morgan fingerprint density at radius 3 is 2.62 bits per heavy atom. The Hall–Kier alpha value is -0.670. The van der Waals surface area contributed by atoms with Crippen molar-refractivity contribution in [3.05, 3.63) is 29.8 Å². The van der Waals surface area contributed by atoms with Crippen molar-refractivity contribution in [3.8, 4) is 5.75 Å². The fraction of sp³-hybridized carbons (Fsp3) is 0.400. The molecule has 2 rings (SSSR count). The van der Waals surface area contributed by atoms with E-state index in [0.29, 0.717) is 17.2 Å². The summed E-state index contributed by atoms with van der Waals surface area (Å²) in [5, 5.41) is 13.0. The first-order valence-electron chi connectivity index (χ1n) is 4.42. The van der Waals surface area contributed by atoms with Gasteiger partial charge in [0, 0.05) is 11.8 Å². The van der Waals surface area contributed by atoms with E-state index in [2.05, 4.69) is 12.2 Å². The molecule has 1 aromatic rings. The first-order valence-corrected chi connectivity index (χ1v) is 5.47. The van der Waals surface area contributed by atoms with Crippen molar-refractivity contribution in [3.63, 3.8) is 0 Å². The van der Waals surface area contributed by atoms with Gasteiger partial charge in [-0.1, -0.05) is 12.1 Å². The van der Waals surface area contributed by atoms with Gasteiger partial charge in [0.2, 0.25) is 0 Å². The van der Waals surface area contributed by atoms with Crippen LogP contribution in [-0.4, -0.2) is 16.9 Å². The summed E-state index contributed by atoms with van der Waals surface area (Å²) in [6.45, 7) is 2.19. The lowest BCUT2D eigenvalue weighted by atomic mass is 10.2. The van der Waals surface area contributed by atoms with Gasteiger partial charge in [-0.2, -0.15) is 0 Å². The maximum atomic E-state index is 9.12. The summed E-state index contributed by atoms with van der Waals surface area (Å²) < 4.78 is 0. The van der Waals surface area contributed by atoms with E-state index in [-0.39, 0.29) is 0 Å². The van der Waals surface area contributed by atoms with Crippen LogP contribution in [0.4, 0.5) is 0 Å². The van der Waals surface area contributed by atoms with Crippen LogP contribution in [0.5, 0.6) is 5.75 Å². The zero-order valence-corrected chi connectivity index (χ0v) is 8.34. The molecule has 2 nitrogen and oxygen atoms in total. The van der Waals surface area contributed by atoms with Crippen LogP contribution >= 0.6 is 11.8 Å². The van der Waals surface area contributed by atoms with E-state index >= 15 is 0 Å². The van der Waals surface area contributed by atoms with E-state index in [1.807, 2.05) is 23.9 Å². The van der Waals surface area contributed by atoms with E-state index in [1.54, 1.807) is 12.1 Å². The van der Waals surface area contributed by atoms with Crippen molar-refractivity contribution in [2.75, 3.05) is 5.75 Å². The molecule has 1 aliphatic heterocycles. The highest BCUT2D eigenvalue weighted by atomic mass is 32.2. The van der Waals surface area contributed by atoms with Gasteiger partial charge >= 0.3 is 0 Å². The molecular weight excluding hydrogens is 182 g/mol. The van der Waals surface area contributed by atoms with E-state index in [9.17, 15) is 0 Å². The summed E-state index contributed by atoms with van der Waals surface area (Å²) in [5.74, 6) is 1.49. The number of benzene rings is 1. The van der Waals surface area contributed by atoms with Crippen LogP contribution in [0.2, 0.25) is 0 Å². The number of hydrogen-bond donors (Lipinski definition) is 2. The summed E-state index contributed by atoms with van der Waals surface area (Å²) >= 11 is 1.92. The largest absolute Gasteiger partial charge is 0.508 e. The van der Waals surface area contributed by atoms with E-state index in [0.717, 1.165) is 5.75 Å². The number of rotatable bonds is 1. The van der Waals surface area contributed by atoms with Gasteiger partial charge in [-0.3, -0.25) is 5.32 Å². The lowest BCUT2D eigenvalue weighted by molar-refractivity contribution is 0.475. The van der Waals surface area contributed by atoms with Gasteiger partial charge in [0.15, 0.2) is 0 Å². The second-order valence-corrected chi connectivity index (χ2v) is 4.51. The molecular formula is C10H13NOS. The van der Waals surface area contributed by atoms with Gasteiger partial charge < -0.3 is 5.11 Å². The molecule has 1 saturated heterocycles. The predicted molar refractivity (Wildman–Crippen MR) is 55.9 cm³/mol. The van der Waals surface area contributed by atoms with Crippen LogP contribution in [0.25, 0.3) is 0 Å². The molecule has 1 heterocycles. The summed E-state index contributed by atoms with van der Waals surface area (Å²) in [7, 11) is 0. The highest BCUT2D eigenvalue weighted by molar-refractivity contribution is 7.99. The number of nitrogens with one attached hydrogen (secondary N) is 1. The van der Waals surface area contributed by atoms with Crippen LogP contribution in [-0.2, 0) is 0 Å². The fourth-order valence-electron chi connectivity index (χ4n) is 1.44. The monoisotopic (exact) mass is 195 g/mol. The molecule has 3 heteroatoms. The standard InChI is InChI=1S/C10H13NOS/c1-7-6-13-10(11-7)8-2-4-9(12)5-3-8/h2-5,7,10-12H,6H2,1H3. The lowest BCUT2D eigenvalue weighted by Gasteiger charge is -2.10.